The molecular weight excluding hydrogens is 428 g/mol. The second-order valence-corrected chi connectivity index (χ2v) is 11.4. The number of aliphatic hydroxyl groups excluding tert-OH is 1. The van der Waals surface area contributed by atoms with E-state index in [0.29, 0.717) is 60.4 Å². The largest absolute Gasteiger partial charge is 0.511 e. The number of carbonyl (C=O) groups excluding carboxylic acids is 2. The third kappa shape index (κ3) is 5.21. The van der Waals surface area contributed by atoms with Gasteiger partial charge in [0.2, 0.25) is 0 Å². The van der Waals surface area contributed by atoms with Crippen LogP contribution in [-0.2, 0) is 17.6 Å². The van der Waals surface area contributed by atoms with Crippen LogP contribution in [0.1, 0.15) is 93.6 Å². The molecule has 2 aliphatic rings. The molecular formula is C28H34N2O4. The van der Waals surface area contributed by atoms with E-state index in [2.05, 4.69) is 5.16 Å². The van der Waals surface area contributed by atoms with E-state index in [1.165, 1.54) is 0 Å². The van der Waals surface area contributed by atoms with Gasteiger partial charge in [-0.15, -0.1) is 0 Å². The summed E-state index contributed by atoms with van der Waals surface area (Å²) in [5.41, 5.74) is 2.66. The number of fused-ring (bicyclic) bond motifs is 1. The number of aryl methyl sites for hydroxylation is 1. The van der Waals surface area contributed by atoms with Crippen LogP contribution in [-0.4, -0.2) is 33.1 Å². The van der Waals surface area contributed by atoms with Gasteiger partial charge in [-0.05, 0) is 44.1 Å². The first-order valence-electron chi connectivity index (χ1n) is 12.0. The first-order valence-corrected chi connectivity index (χ1v) is 12.0. The molecule has 0 radical (unpaired) electrons. The van der Waals surface area contributed by atoms with Crippen molar-refractivity contribution < 1.29 is 19.2 Å². The second kappa shape index (κ2) is 8.97. The van der Waals surface area contributed by atoms with Crippen LogP contribution in [0.25, 0.3) is 0 Å². The molecule has 0 amide bonds. The van der Waals surface area contributed by atoms with Gasteiger partial charge in [0, 0.05) is 32.1 Å². The highest BCUT2D eigenvalue weighted by atomic mass is 16.5. The van der Waals surface area contributed by atoms with Crippen LogP contribution >= 0.6 is 0 Å². The smallest absolute Gasteiger partial charge is 0.168 e. The Balaban J connectivity index is 1.56. The molecule has 2 aliphatic carbocycles. The van der Waals surface area contributed by atoms with Crippen LogP contribution in [0.15, 0.2) is 51.2 Å². The first kappa shape index (κ1) is 24.1. The highest BCUT2D eigenvalue weighted by Crippen LogP contribution is 2.38. The summed E-state index contributed by atoms with van der Waals surface area (Å²) in [7, 11) is 0. The molecule has 1 saturated carbocycles. The Morgan fingerprint density at radius 2 is 1.82 bits per heavy atom. The third-order valence-corrected chi connectivity index (χ3v) is 6.46. The first-order chi connectivity index (χ1) is 15.9. The summed E-state index contributed by atoms with van der Waals surface area (Å²) < 4.78 is 5.56. The maximum absolute atomic E-state index is 13.0. The van der Waals surface area contributed by atoms with Gasteiger partial charge in [0.05, 0.1) is 28.1 Å². The van der Waals surface area contributed by atoms with Crippen LogP contribution in [0.2, 0.25) is 0 Å². The van der Waals surface area contributed by atoms with Gasteiger partial charge in [-0.3, -0.25) is 14.6 Å². The van der Waals surface area contributed by atoms with E-state index in [1.807, 2.05) is 65.0 Å². The Morgan fingerprint density at radius 3 is 2.50 bits per heavy atom. The predicted molar refractivity (Wildman–Crippen MR) is 132 cm³/mol. The standard InChI is InChI=1S/C28H34N2O4/c1-27(2,3)29-20-15-28(4,5)16-23(33)25(20)21(31)12-11-19-26-22(32)13-18(14-24(26)34-30-19)17-9-7-6-8-10-17/h6-10,18,31H,11-16H2,1-5H3. The molecule has 4 rings (SSSR count). The molecule has 0 aliphatic heterocycles. The average Bonchev–Trinajstić information content (AvgIpc) is 3.14. The highest BCUT2D eigenvalue weighted by Gasteiger charge is 2.37. The monoisotopic (exact) mass is 462 g/mol. The zero-order valence-corrected chi connectivity index (χ0v) is 20.8. The molecule has 1 fully saturated rings. The number of rotatable bonds is 4. The summed E-state index contributed by atoms with van der Waals surface area (Å²) in [5, 5.41) is 15.1. The summed E-state index contributed by atoms with van der Waals surface area (Å²) >= 11 is 0. The van der Waals surface area contributed by atoms with Gasteiger partial charge >= 0.3 is 0 Å². The van der Waals surface area contributed by atoms with E-state index in [-0.39, 0.29) is 40.6 Å². The zero-order chi connectivity index (χ0) is 24.7. The SMILES string of the molecule is CC1(C)CC(=O)C(=C(O)CCc2noc3c2C(=O)CC(c2ccccc2)C3)C(=NC(C)(C)C)C1. The van der Waals surface area contributed by atoms with E-state index in [1.54, 1.807) is 0 Å². The minimum absolute atomic E-state index is 0.0176. The Labute approximate surface area is 201 Å². The molecule has 1 atom stereocenters. The molecule has 6 nitrogen and oxygen atoms in total. The summed E-state index contributed by atoms with van der Waals surface area (Å²) in [6.07, 6.45) is 2.58. The molecule has 0 saturated heterocycles. The summed E-state index contributed by atoms with van der Waals surface area (Å²) in [5.74, 6) is 0.643. The fourth-order valence-corrected chi connectivity index (χ4v) is 5.05. The predicted octanol–water partition coefficient (Wildman–Crippen LogP) is 5.96. The van der Waals surface area contributed by atoms with Crippen molar-refractivity contribution >= 4 is 17.3 Å². The lowest BCUT2D eigenvalue weighted by Crippen LogP contribution is -2.34. The van der Waals surface area contributed by atoms with Crippen molar-refractivity contribution in [2.24, 2.45) is 10.4 Å². The normalized spacial score (nSPS) is 23.2. The maximum Gasteiger partial charge on any atom is 0.168 e. The summed E-state index contributed by atoms with van der Waals surface area (Å²) in [4.78, 5) is 30.7. The number of nitrogens with zero attached hydrogens (tertiary/aromatic N) is 2. The number of hydrogen-bond donors (Lipinski definition) is 1. The molecule has 0 bridgehead atoms. The number of allylic oxidation sites excluding steroid dienone is 2. The Kier molecular flexibility index (Phi) is 6.36. The Morgan fingerprint density at radius 1 is 1.12 bits per heavy atom. The third-order valence-electron chi connectivity index (χ3n) is 6.46. The van der Waals surface area contributed by atoms with Crippen LogP contribution < -0.4 is 0 Å². The lowest BCUT2D eigenvalue weighted by Gasteiger charge is -2.32. The van der Waals surface area contributed by atoms with Gasteiger partial charge in [0.25, 0.3) is 0 Å². The van der Waals surface area contributed by atoms with Crippen LogP contribution in [0.4, 0.5) is 0 Å². The number of ketones is 2. The second-order valence-electron chi connectivity index (χ2n) is 11.4. The number of Topliss-reactive ketones (excluding diaryl/α,β-unsaturated/α-hetero) is 2. The van der Waals surface area contributed by atoms with Crippen molar-refractivity contribution in [1.82, 2.24) is 5.16 Å². The average molecular weight is 463 g/mol. The topological polar surface area (TPSA) is 92.8 Å². The van der Waals surface area contributed by atoms with Gasteiger partial charge in [-0.25, -0.2) is 0 Å². The molecule has 2 aromatic rings. The number of hydrogen-bond acceptors (Lipinski definition) is 6. The lowest BCUT2D eigenvalue weighted by molar-refractivity contribution is -0.117. The van der Waals surface area contributed by atoms with Crippen molar-refractivity contribution in [3.05, 3.63) is 64.2 Å². The fraction of sp³-hybridized carbons (Fsp3) is 0.500. The van der Waals surface area contributed by atoms with Crippen LogP contribution in [0.5, 0.6) is 0 Å². The summed E-state index contributed by atoms with van der Waals surface area (Å²) in [6, 6.07) is 9.97. The molecule has 1 aromatic heterocycles. The van der Waals surface area contributed by atoms with Crippen molar-refractivity contribution in [1.29, 1.82) is 0 Å². The number of carbonyl (C=O) groups is 2. The van der Waals surface area contributed by atoms with Crippen LogP contribution in [0.3, 0.4) is 0 Å². The molecule has 1 unspecified atom stereocenters. The molecule has 34 heavy (non-hydrogen) atoms. The Hall–Kier alpha value is -3.02. The Bertz CT molecular complexity index is 1160. The van der Waals surface area contributed by atoms with E-state index in [4.69, 9.17) is 9.52 Å². The minimum Gasteiger partial charge on any atom is -0.511 e. The van der Waals surface area contributed by atoms with E-state index < -0.39 is 0 Å². The summed E-state index contributed by atoms with van der Waals surface area (Å²) in [6.45, 7) is 10.0. The molecule has 1 heterocycles. The quantitative estimate of drug-likeness (QED) is 0.447. The zero-order valence-electron chi connectivity index (χ0n) is 20.8. The highest BCUT2D eigenvalue weighted by molar-refractivity contribution is 6.24. The van der Waals surface area contributed by atoms with Gasteiger partial charge < -0.3 is 9.63 Å². The van der Waals surface area contributed by atoms with Gasteiger partial charge in [0.1, 0.15) is 11.5 Å². The van der Waals surface area contributed by atoms with Crippen LogP contribution in [0, 0.1) is 5.41 Å². The molecule has 0 spiro atoms. The number of aliphatic imine (C=N–C) groups is 1. The molecule has 1 aromatic carbocycles. The van der Waals surface area contributed by atoms with Crippen molar-refractivity contribution in [2.45, 2.75) is 84.6 Å². The van der Waals surface area contributed by atoms with Crippen molar-refractivity contribution in [3.8, 4) is 0 Å². The molecule has 6 heteroatoms. The number of aromatic nitrogens is 1. The van der Waals surface area contributed by atoms with Gasteiger partial charge in [0.15, 0.2) is 11.6 Å². The molecule has 180 valence electrons. The minimum atomic E-state index is -0.360. The van der Waals surface area contributed by atoms with E-state index >= 15 is 0 Å². The number of benzene rings is 1. The van der Waals surface area contributed by atoms with Crippen molar-refractivity contribution in [3.63, 3.8) is 0 Å². The van der Waals surface area contributed by atoms with E-state index in [0.717, 1.165) is 5.56 Å². The van der Waals surface area contributed by atoms with Crippen molar-refractivity contribution in [2.75, 3.05) is 0 Å². The molecule has 1 N–H and O–H groups in total. The lowest BCUT2D eigenvalue weighted by atomic mass is 9.73. The van der Waals surface area contributed by atoms with Gasteiger partial charge in [-0.2, -0.15) is 0 Å². The van der Waals surface area contributed by atoms with E-state index in [9.17, 15) is 14.7 Å². The maximum atomic E-state index is 13.0. The van der Waals surface area contributed by atoms with Gasteiger partial charge in [-0.1, -0.05) is 49.3 Å². The number of aliphatic hydroxyl groups is 1. The fourth-order valence-electron chi connectivity index (χ4n) is 5.05.